The van der Waals surface area contributed by atoms with Crippen LogP contribution in [0, 0.1) is 18.3 Å². The minimum atomic E-state index is 0.501. The van der Waals surface area contributed by atoms with Crippen molar-refractivity contribution in [3.8, 4) is 23.3 Å². The second-order valence-electron chi connectivity index (χ2n) is 7.41. The van der Waals surface area contributed by atoms with Crippen molar-refractivity contribution in [3.63, 3.8) is 0 Å². The minimum absolute atomic E-state index is 0.501. The number of hydrazone groups is 1. The largest absolute Gasteiger partial charge is 0.493 e. The van der Waals surface area contributed by atoms with Crippen molar-refractivity contribution in [1.82, 2.24) is 4.98 Å². The number of rotatable bonds is 7. The van der Waals surface area contributed by atoms with Crippen molar-refractivity contribution < 1.29 is 18.6 Å². The minimum Gasteiger partial charge on any atom is -0.493 e. The lowest BCUT2D eigenvalue weighted by Crippen LogP contribution is -2.28. The number of nitrogens with one attached hydrogen (secondary N) is 2. The highest BCUT2D eigenvalue weighted by molar-refractivity contribution is 5.86. The predicted octanol–water partition coefficient (Wildman–Crippen LogP) is 4.12. The van der Waals surface area contributed by atoms with Crippen molar-refractivity contribution in [3.05, 3.63) is 58.7 Å². The molecule has 0 saturated carbocycles. The summed E-state index contributed by atoms with van der Waals surface area (Å²) in [5.41, 5.74) is 9.14. The second kappa shape index (κ2) is 9.09. The van der Waals surface area contributed by atoms with Gasteiger partial charge >= 0.3 is 0 Å². The topological polar surface area (TPSA) is 95.8 Å². The van der Waals surface area contributed by atoms with Crippen molar-refractivity contribution in [2.45, 2.75) is 20.3 Å². The fourth-order valence-corrected chi connectivity index (χ4v) is 4.20. The molecule has 0 fully saturated rings. The Hall–Kier alpha value is -4.25. The van der Waals surface area contributed by atoms with Crippen molar-refractivity contribution in [2.24, 2.45) is 5.10 Å². The number of hydrogen-bond donors (Lipinski definition) is 2. The molecule has 0 amide bonds. The number of anilines is 1. The van der Waals surface area contributed by atoms with E-state index in [2.05, 4.69) is 28.5 Å². The fraction of sp³-hybridized carbons (Fsp3) is 0.240. The first-order valence-electron chi connectivity index (χ1n) is 10.6. The van der Waals surface area contributed by atoms with Gasteiger partial charge in [-0.05, 0) is 43.2 Å². The van der Waals surface area contributed by atoms with Gasteiger partial charge in [0.2, 0.25) is 11.4 Å². The van der Waals surface area contributed by atoms with E-state index in [0.29, 0.717) is 22.8 Å². The number of aromatic amines is 1. The molecule has 2 N–H and O–H groups in total. The van der Waals surface area contributed by atoms with Crippen LogP contribution in [0.3, 0.4) is 0 Å². The summed E-state index contributed by atoms with van der Waals surface area (Å²) >= 11 is 0. The second-order valence-corrected chi connectivity index (χ2v) is 7.41. The Balaban J connectivity index is 1.87. The van der Waals surface area contributed by atoms with Gasteiger partial charge in [-0.1, -0.05) is 19.1 Å². The Labute approximate surface area is 192 Å². The van der Waals surface area contributed by atoms with Crippen LogP contribution < -0.4 is 24.0 Å². The highest BCUT2D eigenvalue weighted by Crippen LogP contribution is 2.39. The van der Waals surface area contributed by atoms with E-state index in [1.54, 1.807) is 33.6 Å². The Bertz CT molecular complexity index is 1420. The van der Waals surface area contributed by atoms with Crippen LogP contribution in [0.25, 0.3) is 16.7 Å². The summed E-state index contributed by atoms with van der Waals surface area (Å²) in [5.74, 6) is 2.41. The Kier molecular flexibility index (Phi) is 6.05. The van der Waals surface area contributed by atoms with E-state index in [1.165, 1.54) is 0 Å². The van der Waals surface area contributed by atoms with Gasteiger partial charge < -0.3 is 14.2 Å². The number of methoxy groups -OCH3 is 3. The molecule has 0 atom stereocenters. The Morgan fingerprint density at radius 3 is 2.52 bits per heavy atom. The standard InChI is InChI=1S/C25H25N5O3/c1-6-17-15(2)18(13-26)24-28-19-9-7-8-10-20(19)30(24)25(17)29-27-14-16-11-12-21(31-3)23(33-5)22(16)32-4/h7-12,14H,6H2,1-5H3,(H,28,29)/p+1. The normalized spacial score (nSPS) is 11.2. The Morgan fingerprint density at radius 2 is 1.85 bits per heavy atom. The lowest BCUT2D eigenvalue weighted by atomic mass is 10.0. The zero-order valence-electron chi connectivity index (χ0n) is 19.3. The molecule has 4 rings (SSSR count). The first-order valence-corrected chi connectivity index (χ1v) is 10.6. The SMILES string of the molecule is CCc1c(C)c(C#N)c2[nH]c3ccccc3[n+]2c1NN=Cc1ccc(OC)c(OC)c1OC. The molecule has 8 heteroatoms. The number of hydrogen-bond acceptors (Lipinski definition) is 6. The van der Waals surface area contributed by atoms with Crippen LogP contribution in [-0.4, -0.2) is 32.5 Å². The number of para-hydroxylation sites is 2. The number of imidazole rings is 1. The molecule has 0 aliphatic heterocycles. The number of fused-ring (bicyclic) bond motifs is 3. The molecule has 0 spiro atoms. The summed E-state index contributed by atoms with van der Waals surface area (Å²) in [6, 6.07) is 14.0. The van der Waals surface area contributed by atoms with Gasteiger partial charge in [0.05, 0.1) is 27.5 Å². The van der Waals surface area contributed by atoms with E-state index in [0.717, 1.165) is 45.6 Å². The number of nitrogens with zero attached hydrogens (tertiary/aromatic N) is 3. The summed E-state index contributed by atoms with van der Waals surface area (Å²) in [4.78, 5) is 3.38. The average molecular weight is 445 g/mol. The summed E-state index contributed by atoms with van der Waals surface area (Å²) < 4.78 is 18.4. The maximum absolute atomic E-state index is 9.86. The quantitative estimate of drug-likeness (QED) is 0.254. The van der Waals surface area contributed by atoms with E-state index in [9.17, 15) is 5.26 Å². The molecule has 2 heterocycles. The molecule has 0 unspecified atom stereocenters. The van der Waals surface area contributed by atoms with Crippen LogP contribution in [-0.2, 0) is 6.42 Å². The van der Waals surface area contributed by atoms with E-state index in [1.807, 2.05) is 41.7 Å². The third-order valence-electron chi connectivity index (χ3n) is 5.77. The Morgan fingerprint density at radius 1 is 1.09 bits per heavy atom. The maximum atomic E-state index is 9.86. The van der Waals surface area contributed by atoms with Gasteiger partial charge in [-0.25, -0.2) is 0 Å². The molecule has 0 bridgehead atoms. The highest BCUT2D eigenvalue weighted by atomic mass is 16.5. The van der Waals surface area contributed by atoms with Crippen LogP contribution in [0.15, 0.2) is 41.5 Å². The number of nitriles is 1. The molecule has 2 aromatic heterocycles. The maximum Gasteiger partial charge on any atom is 0.253 e. The van der Waals surface area contributed by atoms with Crippen LogP contribution in [0.2, 0.25) is 0 Å². The monoisotopic (exact) mass is 444 g/mol. The van der Waals surface area contributed by atoms with Gasteiger partial charge in [0, 0.05) is 11.1 Å². The lowest BCUT2D eigenvalue weighted by Gasteiger charge is -2.13. The van der Waals surface area contributed by atoms with E-state index >= 15 is 0 Å². The average Bonchev–Trinajstić information content (AvgIpc) is 3.22. The van der Waals surface area contributed by atoms with E-state index in [4.69, 9.17) is 14.2 Å². The van der Waals surface area contributed by atoms with Gasteiger partial charge in [0.15, 0.2) is 11.5 Å². The zero-order valence-corrected chi connectivity index (χ0v) is 19.3. The van der Waals surface area contributed by atoms with Gasteiger partial charge in [0.1, 0.15) is 22.7 Å². The van der Waals surface area contributed by atoms with Gasteiger partial charge in [-0.2, -0.15) is 15.1 Å². The van der Waals surface area contributed by atoms with E-state index in [-0.39, 0.29) is 0 Å². The number of benzene rings is 2. The molecule has 4 aromatic rings. The highest BCUT2D eigenvalue weighted by Gasteiger charge is 2.25. The van der Waals surface area contributed by atoms with Crippen LogP contribution in [0.5, 0.6) is 17.2 Å². The number of ether oxygens (including phenoxy) is 3. The molecule has 0 radical (unpaired) electrons. The van der Waals surface area contributed by atoms with Gasteiger partial charge in [0.25, 0.3) is 5.82 Å². The van der Waals surface area contributed by atoms with Crippen LogP contribution >= 0.6 is 0 Å². The van der Waals surface area contributed by atoms with Gasteiger partial charge in [-0.3, -0.25) is 4.98 Å². The summed E-state index contributed by atoms with van der Waals surface area (Å²) in [7, 11) is 4.72. The van der Waals surface area contributed by atoms with Crippen LogP contribution in [0.1, 0.15) is 29.2 Å². The molecule has 0 aliphatic carbocycles. The van der Waals surface area contributed by atoms with Gasteiger partial charge in [-0.15, -0.1) is 5.10 Å². The number of aromatic nitrogens is 2. The zero-order chi connectivity index (χ0) is 23.5. The molecule has 168 valence electrons. The molecule has 2 aromatic carbocycles. The predicted molar refractivity (Wildman–Crippen MR) is 128 cm³/mol. The number of pyridine rings is 1. The van der Waals surface area contributed by atoms with Crippen molar-refractivity contribution >= 4 is 28.7 Å². The summed E-state index contributed by atoms with van der Waals surface area (Å²) in [6.07, 6.45) is 2.41. The first-order chi connectivity index (χ1) is 16.1. The third-order valence-corrected chi connectivity index (χ3v) is 5.77. The molecule has 0 aliphatic rings. The number of H-pyrrole nitrogens is 1. The van der Waals surface area contributed by atoms with E-state index < -0.39 is 0 Å². The molecule has 8 nitrogen and oxygen atoms in total. The van der Waals surface area contributed by atoms with Crippen molar-refractivity contribution in [2.75, 3.05) is 26.8 Å². The van der Waals surface area contributed by atoms with Crippen LogP contribution in [0.4, 0.5) is 5.82 Å². The fourth-order valence-electron chi connectivity index (χ4n) is 4.20. The smallest absolute Gasteiger partial charge is 0.253 e. The molecule has 0 saturated heterocycles. The first kappa shape index (κ1) is 22.0. The summed E-state index contributed by atoms with van der Waals surface area (Å²) in [6.45, 7) is 4.03. The van der Waals surface area contributed by atoms with Crippen molar-refractivity contribution in [1.29, 1.82) is 5.26 Å². The molecule has 33 heavy (non-hydrogen) atoms. The third kappa shape index (κ3) is 3.57. The molecular weight excluding hydrogens is 418 g/mol. The molecular formula is C25H26N5O3+. The summed E-state index contributed by atoms with van der Waals surface area (Å²) in [5, 5.41) is 14.4. The lowest BCUT2D eigenvalue weighted by molar-refractivity contribution is -0.465.